The first-order chi connectivity index (χ1) is 11.0. The quantitative estimate of drug-likeness (QED) is 0.745. The molecular formula is C16H30N2O4S. The van der Waals surface area contributed by atoms with Crippen molar-refractivity contribution >= 4 is 10.0 Å². The van der Waals surface area contributed by atoms with Crippen LogP contribution in [0.5, 0.6) is 0 Å². The fraction of sp³-hybridized carbons (Fsp3) is 1.00. The minimum Gasteiger partial charge on any atom is -0.381 e. The first-order valence-corrected chi connectivity index (χ1v) is 10.5. The second-order valence-corrected chi connectivity index (χ2v) is 9.13. The van der Waals surface area contributed by atoms with Crippen LogP contribution in [0.25, 0.3) is 0 Å². The van der Waals surface area contributed by atoms with E-state index in [2.05, 4.69) is 4.90 Å². The van der Waals surface area contributed by atoms with Crippen molar-refractivity contribution < 1.29 is 17.9 Å². The topological polar surface area (TPSA) is 59.1 Å². The summed E-state index contributed by atoms with van der Waals surface area (Å²) >= 11 is 0. The highest BCUT2D eigenvalue weighted by atomic mass is 32.2. The van der Waals surface area contributed by atoms with Crippen LogP contribution in [0.15, 0.2) is 0 Å². The normalized spacial score (nSPS) is 30.4. The van der Waals surface area contributed by atoms with Gasteiger partial charge in [-0.25, -0.2) is 12.7 Å². The Kier molecular flexibility index (Phi) is 5.33. The van der Waals surface area contributed by atoms with Gasteiger partial charge < -0.3 is 9.47 Å². The molecule has 0 aromatic rings. The molecule has 0 bridgehead atoms. The summed E-state index contributed by atoms with van der Waals surface area (Å²) in [5.41, 5.74) is 0.127. The summed E-state index contributed by atoms with van der Waals surface area (Å²) in [4.78, 5) is 2.59. The second kappa shape index (κ2) is 6.96. The number of piperidine rings is 1. The van der Waals surface area contributed by atoms with Crippen LogP contribution in [0.3, 0.4) is 0 Å². The Bertz CT molecular complexity index is 496. The second-order valence-electron chi connectivity index (χ2n) is 7.04. The number of sulfonamides is 1. The highest BCUT2D eigenvalue weighted by molar-refractivity contribution is 7.89. The molecule has 3 aliphatic rings. The van der Waals surface area contributed by atoms with Crippen LogP contribution >= 0.6 is 0 Å². The Morgan fingerprint density at radius 3 is 2.43 bits per heavy atom. The average Bonchev–Trinajstić information content (AvgIpc) is 2.55. The molecule has 0 aliphatic carbocycles. The number of nitrogens with zero attached hydrogens (tertiary/aromatic N) is 2. The lowest BCUT2D eigenvalue weighted by molar-refractivity contribution is -0.207. The van der Waals surface area contributed by atoms with E-state index in [1.54, 1.807) is 11.4 Å². The lowest BCUT2D eigenvalue weighted by atomic mass is 9.73. The van der Waals surface area contributed by atoms with E-state index < -0.39 is 10.0 Å². The maximum Gasteiger partial charge on any atom is 0.214 e. The van der Waals surface area contributed by atoms with Gasteiger partial charge in [0.1, 0.15) is 0 Å². The average molecular weight is 346 g/mol. The van der Waals surface area contributed by atoms with Crippen molar-refractivity contribution in [3.05, 3.63) is 0 Å². The third kappa shape index (κ3) is 3.18. The molecule has 7 heteroatoms. The molecule has 0 radical (unpaired) electrons. The summed E-state index contributed by atoms with van der Waals surface area (Å²) in [5, 5.41) is 0. The Morgan fingerprint density at radius 2 is 1.87 bits per heavy atom. The highest BCUT2D eigenvalue weighted by Crippen LogP contribution is 2.44. The van der Waals surface area contributed by atoms with E-state index in [9.17, 15) is 8.42 Å². The highest BCUT2D eigenvalue weighted by Gasteiger charge is 2.56. The Morgan fingerprint density at radius 1 is 1.22 bits per heavy atom. The van der Waals surface area contributed by atoms with Crippen LogP contribution in [0, 0.1) is 0 Å². The van der Waals surface area contributed by atoms with Gasteiger partial charge in [0.2, 0.25) is 10.0 Å². The van der Waals surface area contributed by atoms with E-state index >= 15 is 0 Å². The van der Waals surface area contributed by atoms with Crippen LogP contribution in [-0.2, 0) is 19.5 Å². The molecule has 0 aromatic heterocycles. The zero-order chi connectivity index (χ0) is 16.5. The van der Waals surface area contributed by atoms with Gasteiger partial charge in [0.15, 0.2) is 0 Å². The summed E-state index contributed by atoms with van der Waals surface area (Å²) in [7, 11) is -1.25. The molecule has 3 fully saturated rings. The van der Waals surface area contributed by atoms with Crippen LogP contribution in [0.2, 0.25) is 0 Å². The molecule has 1 unspecified atom stereocenters. The van der Waals surface area contributed by atoms with Gasteiger partial charge in [0.05, 0.1) is 17.4 Å². The standard InChI is InChI=1S/C16H30N2O4S/c1-3-12-23(19,20)17-8-4-14(5-9-17)18-13-15(21-2)16(18)6-10-22-11-7-16/h14-15H,3-13H2,1-2H3. The molecule has 1 spiro atoms. The van der Waals surface area contributed by atoms with Gasteiger partial charge in [-0.3, -0.25) is 4.90 Å². The minimum absolute atomic E-state index is 0.127. The molecule has 0 aromatic carbocycles. The van der Waals surface area contributed by atoms with Gasteiger partial charge in [-0.1, -0.05) is 6.92 Å². The summed E-state index contributed by atoms with van der Waals surface area (Å²) < 4.78 is 37.4. The molecule has 0 amide bonds. The molecule has 3 saturated heterocycles. The zero-order valence-corrected chi connectivity index (χ0v) is 15.2. The molecule has 134 valence electrons. The largest absolute Gasteiger partial charge is 0.381 e. The predicted octanol–water partition coefficient (Wildman–Crippen LogP) is 1.07. The van der Waals surface area contributed by atoms with Crippen LogP contribution in [-0.4, -0.2) is 81.0 Å². The molecule has 3 aliphatic heterocycles. The number of hydrogen-bond acceptors (Lipinski definition) is 5. The van der Waals surface area contributed by atoms with E-state index in [1.165, 1.54) is 0 Å². The fourth-order valence-electron chi connectivity index (χ4n) is 4.56. The molecule has 1 atom stereocenters. The molecular weight excluding hydrogens is 316 g/mol. The Balaban J connectivity index is 1.62. The number of hydrogen-bond donors (Lipinski definition) is 0. The maximum atomic E-state index is 12.2. The van der Waals surface area contributed by atoms with Crippen molar-refractivity contribution in [3.8, 4) is 0 Å². The lowest BCUT2D eigenvalue weighted by Gasteiger charge is -2.62. The summed E-state index contributed by atoms with van der Waals surface area (Å²) in [6, 6.07) is 0.479. The van der Waals surface area contributed by atoms with E-state index in [-0.39, 0.29) is 11.3 Å². The third-order valence-electron chi connectivity index (χ3n) is 5.90. The molecule has 6 nitrogen and oxygen atoms in total. The van der Waals surface area contributed by atoms with Gasteiger partial charge >= 0.3 is 0 Å². The van der Waals surface area contributed by atoms with Crippen LogP contribution in [0.1, 0.15) is 39.0 Å². The third-order valence-corrected chi connectivity index (χ3v) is 7.97. The summed E-state index contributed by atoms with van der Waals surface area (Å²) in [6.07, 6.45) is 4.91. The molecule has 23 heavy (non-hydrogen) atoms. The van der Waals surface area contributed by atoms with Crippen LogP contribution < -0.4 is 0 Å². The van der Waals surface area contributed by atoms with E-state index in [0.717, 1.165) is 45.4 Å². The summed E-state index contributed by atoms with van der Waals surface area (Å²) in [6.45, 7) is 5.83. The van der Waals surface area contributed by atoms with E-state index in [1.807, 2.05) is 6.92 Å². The number of likely N-dealkylation sites (tertiary alicyclic amines) is 1. The Hall–Kier alpha value is -0.210. The number of ether oxygens (including phenoxy) is 2. The Labute approximate surface area is 140 Å². The van der Waals surface area contributed by atoms with Gasteiger partial charge in [-0.15, -0.1) is 0 Å². The van der Waals surface area contributed by atoms with Gasteiger partial charge in [0.25, 0.3) is 0 Å². The zero-order valence-electron chi connectivity index (χ0n) is 14.4. The lowest BCUT2D eigenvalue weighted by Crippen LogP contribution is -2.75. The predicted molar refractivity (Wildman–Crippen MR) is 89.0 cm³/mol. The van der Waals surface area contributed by atoms with Gasteiger partial charge in [-0.05, 0) is 32.1 Å². The van der Waals surface area contributed by atoms with Crippen molar-refractivity contribution in [1.29, 1.82) is 0 Å². The SMILES string of the molecule is CCCS(=O)(=O)N1CCC(N2CC(OC)C23CCOCC3)CC1. The smallest absolute Gasteiger partial charge is 0.214 e. The van der Waals surface area contributed by atoms with E-state index in [4.69, 9.17) is 9.47 Å². The first kappa shape index (κ1) is 17.6. The maximum absolute atomic E-state index is 12.2. The minimum atomic E-state index is -3.05. The van der Waals surface area contributed by atoms with Crippen molar-refractivity contribution in [2.75, 3.05) is 45.7 Å². The first-order valence-electron chi connectivity index (χ1n) is 8.88. The monoisotopic (exact) mass is 346 g/mol. The van der Waals surface area contributed by atoms with Crippen molar-refractivity contribution in [1.82, 2.24) is 9.21 Å². The van der Waals surface area contributed by atoms with Gasteiger partial charge in [0, 0.05) is 46.0 Å². The molecule has 3 heterocycles. The number of rotatable bonds is 5. The van der Waals surface area contributed by atoms with Crippen molar-refractivity contribution in [3.63, 3.8) is 0 Å². The van der Waals surface area contributed by atoms with Crippen LogP contribution in [0.4, 0.5) is 0 Å². The summed E-state index contributed by atoms with van der Waals surface area (Å²) in [5.74, 6) is 0.272. The van der Waals surface area contributed by atoms with Gasteiger partial charge in [-0.2, -0.15) is 0 Å². The molecule has 0 saturated carbocycles. The van der Waals surface area contributed by atoms with Crippen molar-refractivity contribution in [2.45, 2.75) is 56.7 Å². The molecule has 0 N–H and O–H groups in total. The van der Waals surface area contributed by atoms with Crippen molar-refractivity contribution in [2.24, 2.45) is 0 Å². The molecule has 3 rings (SSSR count). The number of methoxy groups -OCH3 is 1. The van der Waals surface area contributed by atoms with E-state index in [0.29, 0.717) is 31.7 Å². The fourth-order valence-corrected chi connectivity index (χ4v) is 6.10.